The number of methoxy groups -OCH3 is 3. The van der Waals surface area contributed by atoms with Crippen LogP contribution in [0.3, 0.4) is 0 Å². The topological polar surface area (TPSA) is 30.9 Å². The van der Waals surface area contributed by atoms with Gasteiger partial charge >= 0.3 is 0 Å². The van der Waals surface area contributed by atoms with Gasteiger partial charge in [-0.25, -0.2) is 0 Å². The zero-order chi connectivity index (χ0) is 14.4. The monoisotopic (exact) mass is 315 g/mol. The predicted molar refractivity (Wildman–Crippen MR) is 87.1 cm³/mol. The van der Waals surface area contributed by atoms with E-state index in [1.54, 1.807) is 21.3 Å². The average Bonchev–Trinajstić information content (AvgIpc) is 2.75. The third kappa shape index (κ3) is 4.42. The van der Waals surface area contributed by atoms with E-state index in [-0.39, 0.29) is 12.4 Å². The molecule has 1 saturated heterocycles. The van der Waals surface area contributed by atoms with Crippen LogP contribution in [0.5, 0.6) is 17.2 Å². The molecule has 0 aliphatic carbocycles. The Kier molecular flexibility index (Phi) is 7.68. The SMILES string of the molecule is COc1ccc(CN2CCCCCC2)c(OC)c1OC.Cl. The molecule has 0 bridgehead atoms. The third-order valence-electron chi connectivity index (χ3n) is 3.88. The molecule has 0 saturated carbocycles. The van der Waals surface area contributed by atoms with Crippen LogP contribution in [-0.4, -0.2) is 39.3 Å². The second-order valence-electron chi connectivity index (χ2n) is 5.18. The molecule has 0 amide bonds. The first kappa shape index (κ1) is 17.9. The van der Waals surface area contributed by atoms with Crippen molar-refractivity contribution in [3.8, 4) is 17.2 Å². The molecule has 1 aromatic rings. The lowest BCUT2D eigenvalue weighted by atomic mass is 10.1. The van der Waals surface area contributed by atoms with Crippen molar-refractivity contribution in [2.24, 2.45) is 0 Å². The number of benzene rings is 1. The minimum atomic E-state index is 0. The van der Waals surface area contributed by atoms with Gasteiger partial charge in [0.2, 0.25) is 5.75 Å². The molecule has 1 aliphatic heterocycles. The molecule has 0 spiro atoms. The van der Waals surface area contributed by atoms with Crippen LogP contribution in [0.15, 0.2) is 12.1 Å². The first-order valence-electron chi connectivity index (χ1n) is 7.30. The summed E-state index contributed by atoms with van der Waals surface area (Å²) in [6.07, 6.45) is 5.27. The van der Waals surface area contributed by atoms with Crippen molar-refractivity contribution < 1.29 is 14.2 Å². The number of likely N-dealkylation sites (tertiary alicyclic amines) is 1. The molecule has 4 nitrogen and oxygen atoms in total. The summed E-state index contributed by atoms with van der Waals surface area (Å²) in [5, 5.41) is 0. The zero-order valence-electron chi connectivity index (χ0n) is 13.2. The van der Waals surface area contributed by atoms with Gasteiger partial charge in [0, 0.05) is 12.1 Å². The van der Waals surface area contributed by atoms with E-state index >= 15 is 0 Å². The molecule has 1 aromatic carbocycles. The summed E-state index contributed by atoms with van der Waals surface area (Å²) >= 11 is 0. The Balaban J connectivity index is 0.00000220. The Labute approximate surface area is 133 Å². The fourth-order valence-electron chi connectivity index (χ4n) is 2.82. The van der Waals surface area contributed by atoms with Gasteiger partial charge in [-0.15, -0.1) is 12.4 Å². The van der Waals surface area contributed by atoms with Crippen LogP contribution in [0.4, 0.5) is 0 Å². The van der Waals surface area contributed by atoms with Gasteiger partial charge in [0.25, 0.3) is 0 Å². The Morgan fingerprint density at radius 3 is 2.00 bits per heavy atom. The van der Waals surface area contributed by atoms with Crippen molar-refractivity contribution >= 4 is 12.4 Å². The van der Waals surface area contributed by atoms with E-state index in [2.05, 4.69) is 11.0 Å². The molecule has 2 rings (SSSR count). The van der Waals surface area contributed by atoms with Gasteiger partial charge in [-0.2, -0.15) is 0 Å². The van der Waals surface area contributed by atoms with E-state index in [0.717, 1.165) is 30.9 Å². The van der Waals surface area contributed by atoms with E-state index in [9.17, 15) is 0 Å². The quantitative estimate of drug-likeness (QED) is 0.832. The smallest absolute Gasteiger partial charge is 0.203 e. The van der Waals surface area contributed by atoms with E-state index in [4.69, 9.17) is 14.2 Å². The lowest BCUT2D eigenvalue weighted by Gasteiger charge is -2.22. The Morgan fingerprint density at radius 1 is 0.857 bits per heavy atom. The fourth-order valence-corrected chi connectivity index (χ4v) is 2.82. The Bertz CT molecular complexity index is 432. The lowest BCUT2D eigenvalue weighted by Crippen LogP contribution is -2.24. The first-order chi connectivity index (χ1) is 9.80. The highest BCUT2D eigenvalue weighted by Crippen LogP contribution is 2.40. The number of hydrogen-bond acceptors (Lipinski definition) is 4. The average molecular weight is 316 g/mol. The molecule has 120 valence electrons. The maximum Gasteiger partial charge on any atom is 0.203 e. The zero-order valence-corrected chi connectivity index (χ0v) is 14.0. The summed E-state index contributed by atoms with van der Waals surface area (Å²) in [4.78, 5) is 2.50. The van der Waals surface area contributed by atoms with E-state index in [1.807, 2.05) is 6.07 Å². The van der Waals surface area contributed by atoms with Crippen LogP contribution < -0.4 is 14.2 Å². The molecule has 21 heavy (non-hydrogen) atoms. The van der Waals surface area contributed by atoms with Gasteiger partial charge < -0.3 is 14.2 Å². The second kappa shape index (κ2) is 9.00. The minimum Gasteiger partial charge on any atom is -0.493 e. The van der Waals surface area contributed by atoms with Crippen molar-refractivity contribution in [3.05, 3.63) is 17.7 Å². The Hall–Kier alpha value is -1.13. The van der Waals surface area contributed by atoms with Crippen LogP contribution >= 0.6 is 12.4 Å². The molecule has 0 unspecified atom stereocenters. The largest absolute Gasteiger partial charge is 0.493 e. The summed E-state index contributed by atoms with van der Waals surface area (Å²) < 4.78 is 16.3. The maximum absolute atomic E-state index is 5.55. The summed E-state index contributed by atoms with van der Waals surface area (Å²) in [6.45, 7) is 3.23. The van der Waals surface area contributed by atoms with E-state index in [1.165, 1.54) is 25.7 Å². The van der Waals surface area contributed by atoms with Gasteiger partial charge in [-0.3, -0.25) is 4.90 Å². The van der Waals surface area contributed by atoms with Gasteiger partial charge in [0.15, 0.2) is 11.5 Å². The molecule has 1 heterocycles. The summed E-state index contributed by atoms with van der Waals surface area (Å²) in [5.41, 5.74) is 1.16. The maximum atomic E-state index is 5.55. The van der Waals surface area contributed by atoms with Crippen molar-refractivity contribution in [3.63, 3.8) is 0 Å². The van der Waals surface area contributed by atoms with Crippen molar-refractivity contribution in [2.75, 3.05) is 34.4 Å². The summed E-state index contributed by atoms with van der Waals surface area (Å²) in [5.74, 6) is 2.18. The highest BCUT2D eigenvalue weighted by atomic mass is 35.5. The van der Waals surface area contributed by atoms with Crippen LogP contribution in [0.25, 0.3) is 0 Å². The number of nitrogens with zero attached hydrogens (tertiary/aromatic N) is 1. The molecule has 1 aliphatic rings. The lowest BCUT2D eigenvalue weighted by molar-refractivity contribution is 0.267. The Morgan fingerprint density at radius 2 is 1.48 bits per heavy atom. The van der Waals surface area contributed by atoms with Crippen LogP contribution in [0.1, 0.15) is 31.2 Å². The molecule has 0 aromatic heterocycles. The minimum absolute atomic E-state index is 0. The van der Waals surface area contributed by atoms with Crippen LogP contribution in [0, 0.1) is 0 Å². The molecule has 0 radical (unpaired) electrons. The summed E-state index contributed by atoms with van der Waals surface area (Å²) in [6, 6.07) is 4.03. The molecule has 0 atom stereocenters. The van der Waals surface area contributed by atoms with Gasteiger partial charge in [-0.05, 0) is 32.0 Å². The predicted octanol–water partition coefficient (Wildman–Crippen LogP) is 3.51. The standard InChI is InChI=1S/C16H25NO3.ClH/c1-18-14-9-8-13(15(19-2)16(14)20-3)12-17-10-6-4-5-7-11-17;/h8-9H,4-7,10-12H2,1-3H3;1H. The highest BCUT2D eigenvalue weighted by molar-refractivity contribution is 5.85. The van der Waals surface area contributed by atoms with Crippen LogP contribution in [0.2, 0.25) is 0 Å². The van der Waals surface area contributed by atoms with Crippen molar-refractivity contribution in [2.45, 2.75) is 32.2 Å². The van der Waals surface area contributed by atoms with Gasteiger partial charge in [0.1, 0.15) is 0 Å². The van der Waals surface area contributed by atoms with E-state index < -0.39 is 0 Å². The second-order valence-corrected chi connectivity index (χ2v) is 5.18. The van der Waals surface area contributed by atoms with Crippen molar-refractivity contribution in [1.29, 1.82) is 0 Å². The number of halogens is 1. The van der Waals surface area contributed by atoms with Crippen LogP contribution in [-0.2, 0) is 6.54 Å². The fraction of sp³-hybridized carbons (Fsp3) is 0.625. The highest BCUT2D eigenvalue weighted by Gasteiger charge is 2.18. The van der Waals surface area contributed by atoms with Crippen molar-refractivity contribution in [1.82, 2.24) is 4.90 Å². The first-order valence-corrected chi connectivity index (χ1v) is 7.30. The number of hydrogen-bond donors (Lipinski definition) is 0. The van der Waals surface area contributed by atoms with Gasteiger partial charge in [-0.1, -0.05) is 18.9 Å². The molecular formula is C16H26ClNO3. The van der Waals surface area contributed by atoms with E-state index in [0.29, 0.717) is 11.5 Å². The molecule has 5 heteroatoms. The molecule has 0 N–H and O–H groups in total. The molecular weight excluding hydrogens is 290 g/mol. The number of rotatable bonds is 5. The summed E-state index contributed by atoms with van der Waals surface area (Å²) in [7, 11) is 4.98. The normalized spacial score (nSPS) is 15.8. The number of ether oxygens (including phenoxy) is 3. The molecule has 1 fully saturated rings. The third-order valence-corrected chi connectivity index (χ3v) is 3.88. The van der Waals surface area contributed by atoms with Gasteiger partial charge in [0.05, 0.1) is 21.3 Å².